The van der Waals surface area contributed by atoms with Crippen LogP contribution in [-0.2, 0) is 20.8 Å². The first-order chi connectivity index (χ1) is 18.5. The van der Waals surface area contributed by atoms with Crippen LogP contribution in [0.15, 0.2) is 77.6 Å². The number of carbonyl (C=O) groups is 3. The van der Waals surface area contributed by atoms with Crippen LogP contribution in [0, 0.1) is 0 Å². The zero-order valence-corrected chi connectivity index (χ0v) is 22.4. The molecule has 39 heavy (non-hydrogen) atoms. The second-order valence-electron chi connectivity index (χ2n) is 9.92. The molecular formula is C31H29NO7. The Balaban J connectivity index is 1.93. The van der Waals surface area contributed by atoms with Gasteiger partial charge in [-0.1, -0.05) is 42.5 Å². The SMILES string of the molecule is COC(=O)c1ccc2c(=O)n(Cc3ccc(C(=O)OC(C)(C)C)cc3)c(C(=O)OC)c(-c3ccccc3)c2c1. The molecular weight excluding hydrogens is 498 g/mol. The van der Waals surface area contributed by atoms with Crippen molar-refractivity contribution in [2.75, 3.05) is 14.2 Å². The number of benzene rings is 3. The van der Waals surface area contributed by atoms with Crippen LogP contribution < -0.4 is 5.56 Å². The van der Waals surface area contributed by atoms with Crippen LogP contribution in [-0.4, -0.2) is 42.3 Å². The summed E-state index contributed by atoms with van der Waals surface area (Å²) in [5.41, 5.74) is 1.38. The van der Waals surface area contributed by atoms with Gasteiger partial charge in [-0.15, -0.1) is 0 Å². The second-order valence-corrected chi connectivity index (χ2v) is 9.92. The van der Waals surface area contributed by atoms with Crippen molar-refractivity contribution in [1.29, 1.82) is 0 Å². The standard InChI is InChI=1S/C31H29NO7/c1-31(2,3)39-29(35)21-13-11-19(12-14-21)18-32-26(30(36)38-5)25(20-9-7-6-8-10-20)24-17-22(28(34)37-4)15-16-23(24)27(32)33/h6-17H,18H2,1-5H3. The maximum atomic E-state index is 13.8. The zero-order valence-electron chi connectivity index (χ0n) is 22.4. The lowest BCUT2D eigenvalue weighted by Crippen LogP contribution is -2.29. The summed E-state index contributed by atoms with van der Waals surface area (Å²) in [5, 5.41) is 0.741. The normalized spacial score (nSPS) is 11.2. The second kappa shape index (κ2) is 10.9. The van der Waals surface area contributed by atoms with Crippen LogP contribution in [0.3, 0.4) is 0 Å². The number of pyridine rings is 1. The van der Waals surface area contributed by atoms with Gasteiger partial charge in [0.1, 0.15) is 11.3 Å². The Bertz CT molecular complexity index is 1610. The van der Waals surface area contributed by atoms with Gasteiger partial charge in [-0.2, -0.15) is 0 Å². The van der Waals surface area contributed by atoms with Gasteiger partial charge in [0, 0.05) is 10.9 Å². The highest BCUT2D eigenvalue weighted by molar-refractivity contribution is 6.08. The molecule has 8 nitrogen and oxygen atoms in total. The first kappa shape index (κ1) is 27.3. The van der Waals surface area contributed by atoms with E-state index in [1.165, 1.54) is 24.9 Å². The minimum absolute atomic E-state index is 0.0341. The van der Waals surface area contributed by atoms with Gasteiger partial charge >= 0.3 is 17.9 Å². The van der Waals surface area contributed by atoms with Crippen LogP contribution in [0.25, 0.3) is 21.9 Å². The summed E-state index contributed by atoms with van der Waals surface area (Å²) >= 11 is 0. The fourth-order valence-electron chi connectivity index (χ4n) is 4.31. The lowest BCUT2D eigenvalue weighted by molar-refractivity contribution is 0.00691. The molecule has 0 saturated carbocycles. The van der Waals surface area contributed by atoms with Gasteiger partial charge in [0.05, 0.1) is 31.9 Å². The Hall–Kier alpha value is -4.72. The number of rotatable bonds is 6. The molecule has 0 atom stereocenters. The van der Waals surface area contributed by atoms with Gasteiger partial charge < -0.3 is 14.2 Å². The number of hydrogen-bond acceptors (Lipinski definition) is 7. The minimum Gasteiger partial charge on any atom is -0.465 e. The number of esters is 3. The summed E-state index contributed by atoms with van der Waals surface area (Å²) in [7, 11) is 2.52. The van der Waals surface area contributed by atoms with Crippen LogP contribution >= 0.6 is 0 Å². The fraction of sp³-hybridized carbons (Fsp3) is 0.226. The molecule has 0 aliphatic rings. The van der Waals surface area contributed by atoms with Gasteiger partial charge in [-0.3, -0.25) is 9.36 Å². The molecule has 3 aromatic carbocycles. The maximum Gasteiger partial charge on any atom is 0.355 e. The molecule has 8 heteroatoms. The third-order valence-electron chi connectivity index (χ3n) is 6.06. The maximum absolute atomic E-state index is 13.8. The molecule has 0 unspecified atom stereocenters. The Labute approximate surface area is 225 Å². The van der Waals surface area contributed by atoms with Crippen LogP contribution in [0.4, 0.5) is 0 Å². The third-order valence-corrected chi connectivity index (χ3v) is 6.06. The monoisotopic (exact) mass is 527 g/mol. The summed E-state index contributed by atoms with van der Waals surface area (Å²) in [4.78, 5) is 51.8. The van der Waals surface area contributed by atoms with Crippen molar-refractivity contribution >= 4 is 28.7 Å². The average Bonchev–Trinajstić information content (AvgIpc) is 2.93. The highest BCUT2D eigenvalue weighted by atomic mass is 16.6. The number of methoxy groups -OCH3 is 2. The van der Waals surface area contributed by atoms with Crippen molar-refractivity contribution in [1.82, 2.24) is 4.57 Å². The van der Waals surface area contributed by atoms with Crippen LogP contribution in [0.2, 0.25) is 0 Å². The molecule has 0 fully saturated rings. The van der Waals surface area contributed by atoms with Crippen molar-refractivity contribution in [2.45, 2.75) is 32.9 Å². The highest BCUT2D eigenvalue weighted by Crippen LogP contribution is 2.32. The zero-order chi connectivity index (χ0) is 28.3. The lowest BCUT2D eigenvalue weighted by Gasteiger charge is -2.20. The third kappa shape index (κ3) is 5.75. The Morgan fingerprint density at radius 2 is 1.36 bits per heavy atom. The number of aromatic nitrogens is 1. The number of hydrogen-bond donors (Lipinski definition) is 0. The summed E-state index contributed by atoms with van der Waals surface area (Å²) in [6, 6.07) is 20.4. The molecule has 0 amide bonds. The van der Waals surface area contributed by atoms with Gasteiger partial charge in [0.15, 0.2) is 0 Å². The van der Waals surface area contributed by atoms with E-state index in [0.717, 1.165) is 0 Å². The molecule has 0 N–H and O–H groups in total. The van der Waals surface area contributed by atoms with E-state index in [2.05, 4.69) is 0 Å². The number of ether oxygens (including phenoxy) is 3. The van der Waals surface area contributed by atoms with Crippen LogP contribution in [0.5, 0.6) is 0 Å². The topological polar surface area (TPSA) is 101 Å². The highest BCUT2D eigenvalue weighted by Gasteiger charge is 2.25. The molecule has 0 spiro atoms. The van der Waals surface area contributed by atoms with Gasteiger partial charge in [0.25, 0.3) is 5.56 Å². The van der Waals surface area contributed by atoms with Crippen molar-refractivity contribution in [3.63, 3.8) is 0 Å². The molecule has 1 aromatic heterocycles. The number of carbonyl (C=O) groups excluding carboxylic acids is 3. The molecule has 0 bridgehead atoms. The van der Waals surface area contributed by atoms with E-state index in [1.54, 1.807) is 57.2 Å². The van der Waals surface area contributed by atoms with Gasteiger partial charge in [-0.05, 0) is 67.6 Å². The van der Waals surface area contributed by atoms with Crippen LogP contribution in [0.1, 0.15) is 57.5 Å². The Kier molecular flexibility index (Phi) is 7.67. The van der Waals surface area contributed by atoms with Gasteiger partial charge in [0.2, 0.25) is 0 Å². The van der Waals surface area contributed by atoms with Crippen molar-refractivity contribution in [3.05, 3.63) is 106 Å². The minimum atomic E-state index is -0.707. The van der Waals surface area contributed by atoms with E-state index in [9.17, 15) is 19.2 Å². The van der Waals surface area contributed by atoms with E-state index in [0.29, 0.717) is 33.0 Å². The molecule has 0 radical (unpaired) electrons. The smallest absolute Gasteiger partial charge is 0.355 e. The predicted molar refractivity (Wildman–Crippen MR) is 147 cm³/mol. The quantitative estimate of drug-likeness (QED) is 0.249. The summed E-state index contributed by atoms with van der Waals surface area (Å²) in [6.07, 6.45) is 0. The number of nitrogens with zero attached hydrogens (tertiary/aromatic N) is 1. The van der Waals surface area contributed by atoms with E-state index in [4.69, 9.17) is 14.2 Å². The Morgan fingerprint density at radius 1 is 0.744 bits per heavy atom. The molecule has 200 valence electrons. The summed E-state index contributed by atoms with van der Waals surface area (Å²) < 4.78 is 16.8. The largest absolute Gasteiger partial charge is 0.465 e. The van der Waals surface area contributed by atoms with Crippen molar-refractivity contribution < 1.29 is 28.6 Å². The predicted octanol–water partition coefficient (Wildman–Crippen LogP) is 5.25. The molecule has 1 heterocycles. The molecule has 4 rings (SSSR count). The van der Waals surface area contributed by atoms with E-state index >= 15 is 0 Å². The first-order valence-electron chi connectivity index (χ1n) is 12.3. The fourth-order valence-corrected chi connectivity index (χ4v) is 4.31. The van der Waals surface area contributed by atoms with Crippen molar-refractivity contribution in [3.8, 4) is 11.1 Å². The summed E-state index contributed by atoms with van der Waals surface area (Å²) in [6.45, 7) is 5.40. The molecule has 0 aliphatic heterocycles. The number of fused-ring (bicyclic) bond motifs is 1. The molecule has 0 saturated heterocycles. The summed E-state index contributed by atoms with van der Waals surface area (Å²) in [5.74, 6) is -1.73. The Morgan fingerprint density at radius 3 is 1.95 bits per heavy atom. The molecule has 4 aromatic rings. The first-order valence-corrected chi connectivity index (χ1v) is 12.3. The van der Waals surface area contributed by atoms with E-state index in [-0.39, 0.29) is 17.8 Å². The van der Waals surface area contributed by atoms with E-state index in [1.807, 2.05) is 30.3 Å². The van der Waals surface area contributed by atoms with Crippen molar-refractivity contribution in [2.24, 2.45) is 0 Å². The van der Waals surface area contributed by atoms with E-state index < -0.39 is 29.1 Å². The average molecular weight is 528 g/mol. The van der Waals surface area contributed by atoms with Gasteiger partial charge in [-0.25, -0.2) is 14.4 Å². The lowest BCUT2D eigenvalue weighted by atomic mass is 9.95. The molecule has 0 aliphatic carbocycles.